The fraction of sp³-hybridized carbons (Fsp3) is 0.368. The molecule has 6 heteroatoms. The summed E-state index contributed by atoms with van der Waals surface area (Å²) in [4.78, 5) is 12.9. The Morgan fingerprint density at radius 1 is 1.28 bits per heavy atom. The highest BCUT2D eigenvalue weighted by Gasteiger charge is 2.20. The fourth-order valence-corrected chi connectivity index (χ4v) is 3.50. The highest BCUT2D eigenvalue weighted by Crippen LogP contribution is 2.24. The molecule has 5 nitrogen and oxygen atoms in total. The Balaban J connectivity index is 1.76. The van der Waals surface area contributed by atoms with Gasteiger partial charge in [-0.2, -0.15) is 5.10 Å². The minimum absolute atomic E-state index is 0.0856. The van der Waals surface area contributed by atoms with Gasteiger partial charge in [0.2, 0.25) is 0 Å². The topological polar surface area (TPSA) is 49.1 Å². The lowest BCUT2D eigenvalue weighted by molar-refractivity contribution is 0.0675. The summed E-state index contributed by atoms with van der Waals surface area (Å²) in [6, 6.07) is 8.61. The van der Waals surface area contributed by atoms with Crippen molar-refractivity contribution in [1.29, 1.82) is 0 Å². The molecule has 0 atom stereocenters. The lowest BCUT2D eigenvalue weighted by atomic mass is 10.1. The van der Waals surface area contributed by atoms with Crippen molar-refractivity contribution in [3.05, 3.63) is 64.0 Å². The highest BCUT2D eigenvalue weighted by atomic mass is 19.1. The third-order valence-electron chi connectivity index (χ3n) is 4.85. The number of fused-ring (bicyclic) bond motifs is 1. The quantitative estimate of drug-likeness (QED) is 0.736. The van der Waals surface area contributed by atoms with Crippen molar-refractivity contribution in [2.75, 3.05) is 13.2 Å². The van der Waals surface area contributed by atoms with Crippen molar-refractivity contribution < 1.29 is 9.13 Å². The van der Waals surface area contributed by atoms with E-state index in [2.05, 4.69) is 5.10 Å². The van der Waals surface area contributed by atoms with E-state index in [-0.39, 0.29) is 17.4 Å². The van der Waals surface area contributed by atoms with E-state index in [1.165, 1.54) is 12.1 Å². The minimum atomic E-state index is -0.295. The molecule has 1 fully saturated rings. The molecule has 0 spiro atoms. The third kappa shape index (κ3) is 2.98. The summed E-state index contributed by atoms with van der Waals surface area (Å²) < 4.78 is 22.5. The van der Waals surface area contributed by atoms with Gasteiger partial charge in [0.1, 0.15) is 5.82 Å². The molecule has 25 heavy (non-hydrogen) atoms. The number of hydrogen-bond acceptors (Lipinski definition) is 3. The van der Waals surface area contributed by atoms with Crippen molar-refractivity contribution in [3.63, 3.8) is 0 Å². The van der Waals surface area contributed by atoms with Crippen molar-refractivity contribution in [3.8, 4) is 0 Å². The van der Waals surface area contributed by atoms with Gasteiger partial charge in [0, 0.05) is 18.9 Å². The molecule has 2 aromatic heterocycles. The molecule has 0 unspecified atom stereocenters. The summed E-state index contributed by atoms with van der Waals surface area (Å²) in [6.45, 7) is 3.70. The Morgan fingerprint density at radius 2 is 2.08 bits per heavy atom. The molecular formula is C19H20FN3O2. The number of aryl methyl sites for hydroxylation is 1. The Morgan fingerprint density at radius 3 is 2.84 bits per heavy atom. The van der Waals surface area contributed by atoms with Crippen LogP contribution in [0.5, 0.6) is 0 Å². The predicted octanol–water partition coefficient (Wildman–Crippen LogP) is 3.05. The first-order valence-electron chi connectivity index (χ1n) is 8.53. The molecule has 4 rings (SSSR count). The standard InChI is InChI=1S/C19H20FN3O2/c1-13-9-18-17(11-21-23(18)16-5-7-25-8-6-16)19(24)22(13)12-14-3-2-4-15(20)10-14/h2-4,9-11,16H,5-8,12H2,1H3. The average Bonchev–Trinajstić information content (AvgIpc) is 3.03. The first-order chi connectivity index (χ1) is 12.1. The van der Waals surface area contributed by atoms with Gasteiger partial charge in [-0.15, -0.1) is 0 Å². The normalized spacial score (nSPS) is 15.8. The van der Waals surface area contributed by atoms with Crippen LogP contribution < -0.4 is 5.56 Å². The first-order valence-corrected chi connectivity index (χ1v) is 8.53. The van der Waals surface area contributed by atoms with E-state index in [9.17, 15) is 9.18 Å². The predicted molar refractivity (Wildman–Crippen MR) is 93.3 cm³/mol. The summed E-state index contributed by atoms with van der Waals surface area (Å²) >= 11 is 0. The summed E-state index contributed by atoms with van der Waals surface area (Å²) in [5.74, 6) is -0.295. The summed E-state index contributed by atoms with van der Waals surface area (Å²) in [7, 11) is 0. The number of ether oxygens (including phenoxy) is 1. The molecule has 1 aliphatic rings. The molecule has 1 aromatic carbocycles. The van der Waals surface area contributed by atoms with E-state index in [0.29, 0.717) is 11.9 Å². The average molecular weight is 341 g/mol. The molecule has 1 aliphatic heterocycles. The van der Waals surface area contributed by atoms with Gasteiger partial charge in [-0.1, -0.05) is 12.1 Å². The van der Waals surface area contributed by atoms with Gasteiger partial charge in [-0.05, 0) is 43.5 Å². The van der Waals surface area contributed by atoms with E-state index < -0.39 is 0 Å². The number of halogens is 1. The van der Waals surface area contributed by atoms with Crippen LogP contribution in [0.15, 0.2) is 41.3 Å². The summed E-state index contributed by atoms with van der Waals surface area (Å²) in [5.41, 5.74) is 2.39. The van der Waals surface area contributed by atoms with Crippen LogP contribution in [0.2, 0.25) is 0 Å². The number of pyridine rings is 1. The maximum absolute atomic E-state index is 13.4. The SMILES string of the molecule is Cc1cc2c(cnn2C2CCOCC2)c(=O)n1Cc1cccc(F)c1. The van der Waals surface area contributed by atoms with Crippen molar-refractivity contribution in [2.24, 2.45) is 0 Å². The Bertz CT molecular complexity index is 970. The second-order valence-corrected chi connectivity index (χ2v) is 6.54. The van der Waals surface area contributed by atoms with E-state index >= 15 is 0 Å². The van der Waals surface area contributed by atoms with Crippen molar-refractivity contribution >= 4 is 10.9 Å². The lowest BCUT2D eigenvalue weighted by Gasteiger charge is -2.23. The van der Waals surface area contributed by atoms with E-state index in [1.807, 2.05) is 23.7 Å². The van der Waals surface area contributed by atoms with Crippen LogP contribution in [-0.2, 0) is 11.3 Å². The van der Waals surface area contributed by atoms with E-state index in [4.69, 9.17) is 4.74 Å². The number of benzene rings is 1. The summed E-state index contributed by atoms with van der Waals surface area (Å²) in [5, 5.41) is 5.08. The van der Waals surface area contributed by atoms with Crippen molar-refractivity contribution in [2.45, 2.75) is 32.4 Å². The largest absolute Gasteiger partial charge is 0.381 e. The molecule has 0 amide bonds. The molecule has 3 heterocycles. The Hall–Kier alpha value is -2.47. The van der Waals surface area contributed by atoms with Gasteiger partial charge in [-0.3, -0.25) is 9.48 Å². The minimum Gasteiger partial charge on any atom is -0.381 e. The van der Waals surface area contributed by atoms with E-state index in [0.717, 1.165) is 42.8 Å². The van der Waals surface area contributed by atoms with Gasteiger partial charge < -0.3 is 9.30 Å². The molecule has 0 bridgehead atoms. The second-order valence-electron chi connectivity index (χ2n) is 6.54. The molecule has 0 saturated carbocycles. The molecule has 0 aliphatic carbocycles. The zero-order chi connectivity index (χ0) is 17.4. The van der Waals surface area contributed by atoms with Crippen LogP contribution in [0.3, 0.4) is 0 Å². The number of aromatic nitrogens is 3. The molecule has 1 saturated heterocycles. The zero-order valence-corrected chi connectivity index (χ0v) is 14.1. The first kappa shape index (κ1) is 16.0. The van der Waals surface area contributed by atoms with Crippen LogP contribution in [0.4, 0.5) is 4.39 Å². The third-order valence-corrected chi connectivity index (χ3v) is 4.85. The van der Waals surface area contributed by atoms with Crippen LogP contribution in [0.25, 0.3) is 10.9 Å². The highest BCUT2D eigenvalue weighted by molar-refractivity contribution is 5.78. The van der Waals surface area contributed by atoms with Gasteiger partial charge in [0.25, 0.3) is 5.56 Å². The van der Waals surface area contributed by atoms with Crippen LogP contribution >= 0.6 is 0 Å². The van der Waals surface area contributed by atoms with Gasteiger partial charge >= 0.3 is 0 Å². The number of nitrogens with zero attached hydrogens (tertiary/aromatic N) is 3. The molecular weight excluding hydrogens is 321 g/mol. The van der Waals surface area contributed by atoms with Gasteiger partial charge in [0.05, 0.1) is 29.7 Å². The monoisotopic (exact) mass is 341 g/mol. The molecule has 0 radical (unpaired) electrons. The summed E-state index contributed by atoms with van der Waals surface area (Å²) in [6.07, 6.45) is 3.46. The lowest BCUT2D eigenvalue weighted by Crippen LogP contribution is -2.24. The maximum Gasteiger partial charge on any atom is 0.262 e. The van der Waals surface area contributed by atoms with Gasteiger partial charge in [-0.25, -0.2) is 4.39 Å². The van der Waals surface area contributed by atoms with Crippen LogP contribution in [0.1, 0.15) is 30.1 Å². The van der Waals surface area contributed by atoms with Crippen LogP contribution in [-0.4, -0.2) is 27.6 Å². The Kier molecular flexibility index (Phi) is 4.13. The van der Waals surface area contributed by atoms with Crippen molar-refractivity contribution in [1.82, 2.24) is 14.3 Å². The fourth-order valence-electron chi connectivity index (χ4n) is 3.50. The van der Waals surface area contributed by atoms with Crippen LogP contribution in [0, 0.1) is 12.7 Å². The van der Waals surface area contributed by atoms with Gasteiger partial charge in [0.15, 0.2) is 0 Å². The number of rotatable bonds is 3. The zero-order valence-electron chi connectivity index (χ0n) is 14.1. The molecule has 0 N–H and O–H groups in total. The Labute approximate surface area is 144 Å². The number of hydrogen-bond donors (Lipinski definition) is 0. The second kappa shape index (κ2) is 6.44. The van der Waals surface area contributed by atoms with E-state index in [1.54, 1.807) is 16.8 Å². The maximum atomic E-state index is 13.4. The molecule has 3 aromatic rings. The smallest absolute Gasteiger partial charge is 0.262 e. The molecule has 130 valence electrons.